The maximum Gasteiger partial charge on any atom is 0.313 e. The smallest absolute Gasteiger partial charge is 0.313 e. The minimum atomic E-state index is -0.703. The van der Waals surface area contributed by atoms with E-state index in [1.165, 1.54) is 0 Å². The Bertz CT molecular complexity index is 717. The summed E-state index contributed by atoms with van der Waals surface area (Å²) >= 11 is 0. The first-order valence-electron chi connectivity index (χ1n) is 8.82. The zero-order valence-corrected chi connectivity index (χ0v) is 15.0. The molecule has 6 heteroatoms. The number of carbonyl (C=O) groups is 3. The number of rotatable bonds is 2. The summed E-state index contributed by atoms with van der Waals surface area (Å²) in [5.41, 5.74) is 2.02. The predicted molar refractivity (Wildman–Crippen MR) is 96.4 cm³/mol. The molecule has 134 valence electrons. The molecule has 1 heterocycles. The molecule has 2 N–H and O–H groups in total. The fraction of sp³-hybridized carbons (Fsp3) is 0.526. The quantitative estimate of drug-likeness (QED) is 0.808. The van der Waals surface area contributed by atoms with Gasteiger partial charge in [-0.05, 0) is 64.2 Å². The largest absolute Gasteiger partial charge is 0.343 e. The third-order valence-electron chi connectivity index (χ3n) is 4.35. The molecule has 0 atom stereocenters. The lowest BCUT2D eigenvalue weighted by Gasteiger charge is -2.30. The molecule has 1 aliphatic carbocycles. The number of amides is 3. The second-order valence-electron chi connectivity index (χ2n) is 7.87. The molecule has 0 saturated heterocycles. The van der Waals surface area contributed by atoms with Crippen LogP contribution in [0.25, 0.3) is 0 Å². The van der Waals surface area contributed by atoms with E-state index in [0.29, 0.717) is 12.2 Å². The van der Waals surface area contributed by atoms with Crippen LogP contribution in [0.15, 0.2) is 18.2 Å². The van der Waals surface area contributed by atoms with Crippen LogP contribution >= 0.6 is 0 Å². The molecule has 0 radical (unpaired) electrons. The second kappa shape index (κ2) is 6.50. The van der Waals surface area contributed by atoms with Crippen LogP contribution in [0.5, 0.6) is 0 Å². The number of anilines is 2. The van der Waals surface area contributed by atoms with Gasteiger partial charge in [0.15, 0.2) is 0 Å². The first-order chi connectivity index (χ1) is 11.7. The van der Waals surface area contributed by atoms with Crippen molar-refractivity contribution in [1.29, 1.82) is 0 Å². The highest BCUT2D eigenvalue weighted by atomic mass is 16.2. The number of fused-ring (bicyclic) bond motifs is 1. The summed E-state index contributed by atoms with van der Waals surface area (Å²) in [7, 11) is 0. The Hall–Kier alpha value is -2.37. The fourth-order valence-corrected chi connectivity index (χ4v) is 3.02. The minimum Gasteiger partial charge on any atom is -0.343 e. The van der Waals surface area contributed by atoms with Gasteiger partial charge in [-0.2, -0.15) is 0 Å². The van der Waals surface area contributed by atoms with Crippen molar-refractivity contribution in [3.05, 3.63) is 23.8 Å². The van der Waals surface area contributed by atoms with Gasteiger partial charge in [-0.3, -0.25) is 14.4 Å². The molecule has 1 saturated carbocycles. The van der Waals surface area contributed by atoms with Crippen LogP contribution in [-0.2, 0) is 20.8 Å². The lowest BCUT2D eigenvalue weighted by molar-refractivity contribution is -0.137. The van der Waals surface area contributed by atoms with Crippen LogP contribution in [0, 0.1) is 5.92 Å². The van der Waals surface area contributed by atoms with Crippen LogP contribution in [0.4, 0.5) is 11.4 Å². The third-order valence-corrected chi connectivity index (χ3v) is 4.35. The van der Waals surface area contributed by atoms with E-state index < -0.39 is 17.4 Å². The van der Waals surface area contributed by atoms with Gasteiger partial charge >= 0.3 is 11.8 Å². The van der Waals surface area contributed by atoms with E-state index in [2.05, 4.69) is 10.6 Å². The highest BCUT2D eigenvalue weighted by Gasteiger charge is 2.35. The SMILES string of the molecule is CC(C)(C)NC(=O)C(=O)Nc1ccc2c(c1)N(C(=O)C1CC1)CCC2. The van der Waals surface area contributed by atoms with Gasteiger partial charge in [0.2, 0.25) is 5.91 Å². The van der Waals surface area contributed by atoms with E-state index in [9.17, 15) is 14.4 Å². The zero-order chi connectivity index (χ0) is 18.2. The summed E-state index contributed by atoms with van der Waals surface area (Å²) in [6.45, 7) is 6.17. The molecule has 0 bridgehead atoms. The third kappa shape index (κ3) is 4.18. The summed E-state index contributed by atoms with van der Waals surface area (Å²) in [6.07, 6.45) is 3.80. The van der Waals surface area contributed by atoms with Crippen molar-refractivity contribution in [2.45, 2.75) is 52.0 Å². The van der Waals surface area contributed by atoms with E-state index in [-0.39, 0.29) is 11.8 Å². The van der Waals surface area contributed by atoms with Crippen LogP contribution in [0.1, 0.15) is 45.6 Å². The van der Waals surface area contributed by atoms with E-state index in [1.807, 2.05) is 31.7 Å². The predicted octanol–water partition coefficient (Wildman–Crippen LogP) is 2.23. The monoisotopic (exact) mass is 343 g/mol. The first kappa shape index (κ1) is 17.5. The Morgan fingerprint density at radius 1 is 1.12 bits per heavy atom. The molecular formula is C19H25N3O3. The molecule has 1 aliphatic heterocycles. The Balaban J connectivity index is 1.75. The van der Waals surface area contributed by atoms with E-state index in [1.54, 1.807) is 12.1 Å². The number of hydrogen-bond acceptors (Lipinski definition) is 3. The molecule has 1 aromatic rings. The lowest BCUT2D eigenvalue weighted by atomic mass is 10.0. The van der Waals surface area contributed by atoms with E-state index >= 15 is 0 Å². The maximum atomic E-state index is 12.5. The topological polar surface area (TPSA) is 78.5 Å². The van der Waals surface area contributed by atoms with Crippen LogP contribution in [0.3, 0.4) is 0 Å². The van der Waals surface area contributed by atoms with Gasteiger partial charge < -0.3 is 15.5 Å². The maximum absolute atomic E-state index is 12.5. The summed E-state index contributed by atoms with van der Waals surface area (Å²) in [4.78, 5) is 38.4. The summed E-state index contributed by atoms with van der Waals surface area (Å²) in [6, 6.07) is 5.52. The van der Waals surface area contributed by atoms with Gasteiger partial charge in [0.05, 0.1) is 0 Å². The number of carbonyl (C=O) groups excluding carboxylic acids is 3. The molecule has 3 amide bonds. The molecule has 0 unspecified atom stereocenters. The molecule has 25 heavy (non-hydrogen) atoms. The molecule has 0 aromatic heterocycles. The number of nitrogens with one attached hydrogen (secondary N) is 2. The fourth-order valence-electron chi connectivity index (χ4n) is 3.02. The Morgan fingerprint density at radius 2 is 1.84 bits per heavy atom. The average molecular weight is 343 g/mol. The highest BCUT2D eigenvalue weighted by Crippen LogP contribution is 2.36. The zero-order valence-electron chi connectivity index (χ0n) is 15.0. The minimum absolute atomic E-state index is 0.154. The van der Waals surface area contributed by atoms with Gasteiger partial charge in [0.25, 0.3) is 0 Å². The van der Waals surface area contributed by atoms with Crippen molar-refractivity contribution in [2.75, 3.05) is 16.8 Å². The number of aryl methyl sites for hydroxylation is 1. The van der Waals surface area contributed by atoms with Crippen molar-refractivity contribution in [2.24, 2.45) is 5.92 Å². The Morgan fingerprint density at radius 3 is 2.48 bits per heavy atom. The summed E-state index contributed by atoms with van der Waals surface area (Å²) < 4.78 is 0. The van der Waals surface area contributed by atoms with Gasteiger partial charge in [0.1, 0.15) is 0 Å². The van der Waals surface area contributed by atoms with Crippen LogP contribution in [-0.4, -0.2) is 29.8 Å². The summed E-state index contributed by atoms with van der Waals surface area (Å²) in [5.74, 6) is -1.04. The average Bonchev–Trinajstić information content (AvgIpc) is 3.36. The lowest BCUT2D eigenvalue weighted by Crippen LogP contribution is -2.46. The molecule has 3 rings (SSSR count). The standard InChI is InChI=1S/C19H25N3O3/c1-19(2,3)21-17(24)16(23)20-14-9-8-12-5-4-10-22(15(12)11-14)18(25)13-6-7-13/h8-9,11,13H,4-7,10H2,1-3H3,(H,20,23)(H,21,24). The first-order valence-corrected chi connectivity index (χ1v) is 8.82. The summed E-state index contributed by atoms with van der Waals surface area (Å²) in [5, 5.41) is 5.27. The van der Waals surface area contributed by atoms with Gasteiger partial charge in [-0.25, -0.2) is 0 Å². The molecule has 6 nitrogen and oxygen atoms in total. The Labute approximate surface area is 148 Å². The van der Waals surface area contributed by atoms with Crippen LogP contribution < -0.4 is 15.5 Å². The molecule has 1 aromatic carbocycles. The highest BCUT2D eigenvalue weighted by molar-refractivity contribution is 6.39. The molecule has 1 fully saturated rings. The second-order valence-corrected chi connectivity index (χ2v) is 7.87. The molecular weight excluding hydrogens is 318 g/mol. The number of benzene rings is 1. The van der Waals surface area contributed by atoms with Crippen LogP contribution in [0.2, 0.25) is 0 Å². The van der Waals surface area contributed by atoms with Crippen molar-refractivity contribution in [1.82, 2.24) is 5.32 Å². The van der Waals surface area contributed by atoms with E-state index in [4.69, 9.17) is 0 Å². The van der Waals surface area contributed by atoms with Crippen molar-refractivity contribution >= 4 is 29.1 Å². The number of nitrogens with zero attached hydrogens (tertiary/aromatic N) is 1. The van der Waals surface area contributed by atoms with Crippen molar-refractivity contribution < 1.29 is 14.4 Å². The Kier molecular flexibility index (Phi) is 4.54. The molecule has 2 aliphatic rings. The van der Waals surface area contributed by atoms with Crippen molar-refractivity contribution in [3.63, 3.8) is 0 Å². The van der Waals surface area contributed by atoms with Gasteiger partial charge in [-0.1, -0.05) is 6.07 Å². The van der Waals surface area contributed by atoms with Gasteiger partial charge in [0, 0.05) is 29.4 Å². The van der Waals surface area contributed by atoms with Crippen molar-refractivity contribution in [3.8, 4) is 0 Å². The number of hydrogen-bond donors (Lipinski definition) is 2. The normalized spacial score (nSPS) is 16.8. The van der Waals surface area contributed by atoms with E-state index in [0.717, 1.165) is 36.9 Å². The van der Waals surface area contributed by atoms with Gasteiger partial charge in [-0.15, -0.1) is 0 Å². The molecule has 0 spiro atoms.